The van der Waals surface area contributed by atoms with Crippen molar-refractivity contribution in [1.82, 2.24) is 20.1 Å². The van der Waals surface area contributed by atoms with Crippen LogP contribution in [0.5, 0.6) is 5.75 Å². The van der Waals surface area contributed by atoms with Crippen LogP contribution >= 0.6 is 0 Å². The van der Waals surface area contributed by atoms with Gasteiger partial charge >= 0.3 is 0 Å². The fraction of sp³-hybridized carbons (Fsp3) is 0.273. The van der Waals surface area contributed by atoms with Gasteiger partial charge in [-0.3, -0.25) is 9.78 Å². The molecule has 0 unspecified atom stereocenters. The molecule has 1 saturated heterocycles. The normalized spacial score (nSPS) is 13.8. The fourth-order valence-electron chi connectivity index (χ4n) is 3.33. The Morgan fingerprint density at radius 2 is 1.70 bits per heavy atom. The third-order valence-electron chi connectivity index (χ3n) is 4.91. The van der Waals surface area contributed by atoms with Gasteiger partial charge in [-0.25, -0.2) is 0 Å². The second-order valence-corrected chi connectivity index (χ2v) is 6.87. The number of ether oxygens (including phenoxy) is 1. The molecule has 0 bridgehead atoms. The molecule has 1 amide bonds. The molecule has 1 aromatic carbocycles. The van der Waals surface area contributed by atoms with Crippen LogP contribution in [-0.2, 0) is 0 Å². The van der Waals surface area contributed by atoms with Crippen LogP contribution in [0.2, 0.25) is 0 Å². The average molecular weight is 404 g/mol. The fourth-order valence-corrected chi connectivity index (χ4v) is 3.33. The summed E-state index contributed by atoms with van der Waals surface area (Å²) in [7, 11) is 0. The van der Waals surface area contributed by atoms with Crippen molar-refractivity contribution in [2.75, 3.05) is 43.0 Å². The van der Waals surface area contributed by atoms with E-state index in [1.165, 1.54) is 0 Å². The van der Waals surface area contributed by atoms with E-state index in [4.69, 9.17) is 4.74 Å². The lowest BCUT2D eigenvalue weighted by Crippen LogP contribution is -2.49. The summed E-state index contributed by atoms with van der Waals surface area (Å²) in [6, 6.07) is 14.9. The number of nitrogens with one attached hydrogen (secondary N) is 1. The smallest absolute Gasteiger partial charge is 0.253 e. The Balaban J connectivity index is 1.32. The number of carbonyl (C=O) groups is 1. The Kier molecular flexibility index (Phi) is 6.03. The van der Waals surface area contributed by atoms with Crippen molar-refractivity contribution in [3.63, 3.8) is 0 Å². The van der Waals surface area contributed by atoms with Crippen molar-refractivity contribution in [2.24, 2.45) is 0 Å². The first-order valence-electron chi connectivity index (χ1n) is 10.0. The SMILES string of the molecule is CCOc1ccc(C(=O)N2CCN(c3ccc(Nc4ccncc4)nn3)CC2)cc1. The number of amides is 1. The van der Waals surface area contributed by atoms with Gasteiger partial charge in [-0.15, -0.1) is 10.2 Å². The van der Waals surface area contributed by atoms with Gasteiger partial charge in [0.05, 0.1) is 6.61 Å². The molecular weight excluding hydrogens is 380 g/mol. The maximum absolute atomic E-state index is 12.8. The molecule has 0 radical (unpaired) electrons. The quantitative estimate of drug-likeness (QED) is 0.676. The van der Waals surface area contributed by atoms with Gasteiger partial charge in [-0.2, -0.15) is 0 Å². The van der Waals surface area contributed by atoms with Gasteiger partial charge in [0.25, 0.3) is 5.91 Å². The summed E-state index contributed by atoms with van der Waals surface area (Å²) in [5.74, 6) is 2.30. The highest BCUT2D eigenvalue weighted by molar-refractivity contribution is 5.94. The molecule has 8 heteroatoms. The Hall–Kier alpha value is -3.68. The number of hydrogen-bond acceptors (Lipinski definition) is 7. The lowest BCUT2D eigenvalue weighted by molar-refractivity contribution is 0.0746. The largest absolute Gasteiger partial charge is 0.494 e. The number of carbonyl (C=O) groups excluding carboxylic acids is 1. The van der Waals surface area contributed by atoms with Gasteiger partial charge in [0.2, 0.25) is 0 Å². The van der Waals surface area contributed by atoms with Crippen LogP contribution < -0.4 is 15.0 Å². The Morgan fingerprint density at radius 3 is 2.33 bits per heavy atom. The van der Waals surface area contributed by atoms with E-state index in [0.29, 0.717) is 44.2 Å². The molecular formula is C22H24N6O2. The molecule has 3 aromatic rings. The highest BCUT2D eigenvalue weighted by atomic mass is 16.5. The van der Waals surface area contributed by atoms with Crippen LogP contribution in [0.1, 0.15) is 17.3 Å². The van der Waals surface area contributed by atoms with Crippen LogP contribution in [-0.4, -0.2) is 58.8 Å². The first kappa shape index (κ1) is 19.6. The summed E-state index contributed by atoms with van der Waals surface area (Å²) in [6.07, 6.45) is 3.44. The third-order valence-corrected chi connectivity index (χ3v) is 4.91. The Morgan fingerprint density at radius 1 is 0.967 bits per heavy atom. The summed E-state index contributed by atoms with van der Waals surface area (Å²) >= 11 is 0. The summed E-state index contributed by atoms with van der Waals surface area (Å²) in [5.41, 5.74) is 1.59. The minimum atomic E-state index is 0.0423. The lowest BCUT2D eigenvalue weighted by Gasteiger charge is -2.35. The molecule has 1 fully saturated rings. The third kappa shape index (κ3) is 4.65. The van der Waals surface area contributed by atoms with Crippen LogP contribution in [0, 0.1) is 0 Å². The van der Waals surface area contributed by atoms with Gasteiger partial charge < -0.3 is 19.9 Å². The average Bonchev–Trinajstić information content (AvgIpc) is 2.81. The van der Waals surface area contributed by atoms with Gasteiger partial charge in [0.1, 0.15) is 5.75 Å². The highest BCUT2D eigenvalue weighted by Crippen LogP contribution is 2.19. The minimum Gasteiger partial charge on any atom is -0.494 e. The second-order valence-electron chi connectivity index (χ2n) is 6.87. The molecule has 0 spiro atoms. The maximum atomic E-state index is 12.8. The number of pyridine rings is 1. The topological polar surface area (TPSA) is 83.5 Å². The minimum absolute atomic E-state index is 0.0423. The predicted octanol–water partition coefficient (Wildman–Crippen LogP) is 2.98. The molecule has 0 atom stereocenters. The van der Waals surface area contributed by atoms with E-state index in [2.05, 4.69) is 25.4 Å². The van der Waals surface area contributed by atoms with E-state index in [1.807, 2.05) is 60.4 Å². The number of rotatable bonds is 6. The molecule has 4 rings (SSSR count). The molecule has 2 aromatic heterocycles. The van der Waals surface area contributed by atoms with Crippen LogP contribution in [0.3, 0.4) is 0 Å². The monoisotopic (exact) mass is 404 g/mol. The zero-order valence-electron chi connectivity index (χ0n) is 16.9. The van der Waals surface area contributed by atoms with Gasteiger partial charge in [0.15, 0.2) is 11.6 Å². The number of aromatic nitrogens is 3. The summed E-state index contributed by atoms with van der Waals surface area (Å²) < 4.78 is 5.44. The molecule has 3 heterocycles. The van der Waals surface area contributed by atoms with Crippen molar-refractivity contribution in [2.45, 2.75) is 6.92 Å². The van der Waals surface area contributed by atoms with Crippen molar-refractivity contribution in [3.05, 3.63) is 66.5 Å². The van der Waals surface area contributed by atoms with Crippen molar-refractivity contribution < 1.29 is 9.53 Å². The van der Waals surface area contributed by atoms with Crippen LogP contribution in [0.25, 0.3) is 0 Å². The Bertz CT molecular complexity index is 955. The molecule has 0 aliphatic carbocycles. The summed E-state index contributed by atoms with van der Waals surface area (Å²) in [4.78, 5) is 20.8. The van der Waals surface area contributed by atoms with Gasteiger partial charge in [0, 0.05) is 49.8 Å². The molecule has 154 valence electrons. The predicted molar refractivity (Wildman–Crippen MR) is 115 cm³/mol. The molecule has 1 aliphatic rings. The lowest BCUT2D eigenvalue weighted by atomic mass is 10.1. The second kappa shape index (κ2) is 9.21. The number of nitrogens with zero attached hydrogens (tertiary/aromatic N) is 5. The first-order valence-corrected chi connectivity index (χ1v) is 10.0. The molecule has 1 aliphatic heterocycles. The van der Waals surface area contributed by atoms with E-state index >= 15 is 0 Å². The van der Waals surface area contributed by atoms with Crippen LogP contribution in [0.4, 0.5) is 17.3 Å². The van der Waals surface area contributed by atoms with Crippen LogP contribution in [0.15, 0.2) is 60.9 Å². The summed E-state index contributed by atoms with van der Waals surface area (Å²) in [6.45, 7) is 5.27. The maximum Gasteiger partial charge on any atom is 0.253 e. The van der Waals surface area contributed by atoms with E-state index in [1.54, 1.807) is 12.4 Å². The van der Waals surface area contributed by atoms with E-state index in [-0.39, 0.29) is 5.91 Å². The highest BCUT2D eigenvalue weighted by Gasteiger charge is 2.23. The van der Waals surface area contributed by atoms with E-state index in [0.717, 1.165) is 17.3 Å². The van der Waals surface area contributed by atoms with E-state index in [9.17, 15) is 4.79 Å². The van der Waals surface area contributed by atoms with Crippen molar-refractivity contribution in [1.29, 1.82) is 0 Å². The molecule has 30 heavy (non-hydrogen) atoms. The number of anilines is 3. The summed E-state index contributed by atoms with van der Waals surface area (Å²) in [5, 5.41) is 11.8. The molecule has 8 nitrogen and oxygen atoms in total. The molecule has 1 N–H and O–H groups in total. The zero-order chi connectivity index (χ0) is 20.8. The van der Waals surface area contributed by atoms with Gasteiger partial charge in [-0.1, -0.05) is 0 Å². The number of hydrogen-bond donors (Lipinski definition) is 1. The number of benzene rings is 1. The van der Waals surface area contributed by atoms with E-state index < -0.39 is 0 Å². The first-order chi connectivity index (χ1) is 14.7. The molecule has 0 saturated carbocycles. The standard InChI is InChI=1S/C22H24N6O2/c1-2-30-19-5-3-17(4-6-19)22(29)28-15-13-27(14-16-28)21-8-7-20(25-26-21)24-18-9-11-23-12-10-18/h3-12H,2,13-16H2,1H3,(H,23,24,25). The number of piperazine rings is 1. The van der Waals surface area contributed by atoms with Crippen molar-refractivity contribution in [3.8, 4) is 5.75 Å². The Labute approximate surface area is 175 Å². The van der Waals surface area contributed by atoms with Crippen molar-refractivity contribution >= 4 is 23.2 Å². The van der Waals surface area contributed by atoms with Gasteiger partial charge in [-0.05, 0) is 55.5 Å². The zero-order valence-corrected chi connectivity index (χ0v) is 16.9.